The van der Waals surface area contributed by atoms with E-state index < -0.39 is 45.5 Å². The summed E-state index contributed by atoms with van der Waals surface area (Å²) in [6, 6.07) is 42.6. The molecule has 5 atom stereocenters. The Hall–Kier alpha value is -4.75. The Bertz CT molecular complexity index is 1950. The molecule has 0 N–H and O–H groups in total. The molecule has 1 fully saturated rings. The van der Waals surface area contributed by atoms with E-state index in [1.54, 1.807) is 12.1 Å². The van der Waals surface area contributed by atoms with Crippen molar-refractivity contribution in [3.8, 4) is 0 Å². The fraction of sp³-hybridized carbons (Fsp3) is 0.268. The van der Waals surface area contributed by atoms with Crippen LogP contribution in [0.15, 0.2) is 150 Å². The van der Waals surface area contributed by atoms with Crippen LogP contribution in [-0.2, 0) is 55.4 Å². The van der Waals surface area contributed by atoms with E-state index in [9.17, 15) is 18.5 Å². The van der Waals surface area contributed by atoms with Crippen molar-refractivity contribution in [3.63, 3.8) is 0 Å². The van der Waals surface area contributed by atoms with Crippen molar-refractivity contribution >= 4 is 10.0 Å². The molecule has 0 unspecified atom stereocenters. The predicted molar refractivity (Wildman–Crippen MR) is 196 cm³/mol. The van der Waals surface area contributed by atoms with Crippen LogP contribution in [0.1, 0.15) is 27.8 Å². The number of piperidine rings is 1. The van der Waals surface area contributed by atoms with E-state index in [2.05, 4.69) is 0 Å². The Morgan fingerprint density at radius 3 is 1.42 bits per heavy atom. The van der Waals surface area contributed by atoms with Gasteiger partial charge in [-0.2, -0.15) is 0 Å². The average Bonchev–Trinajstić information content (AvgIpc) is 3.17. The number of aryl methyl sites for hydroxylation is 1. The summed E-state index contributed by atoms with van der Waals surface area (Å²) in [5, 5.41) is 13.3. The van der Waals surface area contributed by atoms with Crippen molar-refractivity contribution in [2.24, 2.45) is 0 Å². The van der Waals surface area contributed by atoms with Crippen LogP contribution in [0, 0.1) is 17.0 Å². The number of nitrogens with zero attached hydrogens (tertiary/aromatic N) is 2. The van der Waals surface area contributed by atoms with E-state index in [1.165, 1.54) is 12.1 Å². The lowest BCUT2D eigenvalue weighted by Crippen LogP contribution is -2.71. The maximum Gasteiger partial charge on any atom is 0.310 e. The molecule has 5 aromatic rings. The van der Waals surface area contributed by atoms with Crippen LogP contribution in [0.25, 0.3) is 0 Å². The van der Waals surface area contributed by atoms with Gasteiger partial charge in [-0.1, -0.05) is 139 Å². The van der Waals surface area contributed by atoms with Crippen molar-refractivity contribution in [2.75, 3.05) is 6.61 Å². The molecule has 270 valence electrons. The second kappa shape index (κ2) is 17.6. The third kappa shape index (κ3) is 9.18. The molecular weight excluding hydrogens is 681 g/mol. The first-order chi connectivity index (χ1) is 25.3. The molecule has 0 amide bonds. The monoisotopic (exact) mass is 722 g/mol. The summed E-state index contributed by atoms with van der Waals surface area (Å²) in [5.74, 6) is 0. The number of ether oxygens (including phenoxy) is 4. The third-order valence-electron chi connectivity index (χ3n) is 8.98. The molecule has 0 aliphatic carbocycles. The Morgan fingerprint density at radius 1 is 0.577 bits per heavy atom. The van der Waals surface area contributed by atoms with Gasteiger partial charge in [-0.05, 0) is 41.3 Å². The first kappa shape index (κ1) is 37.0. The Balaban J connectivity index is 1.47. The minimum absolute atomic E-state index is 0.0277. The van der Waals surface area contributed by atoms with Gasteiger partial charge < -0.3 is 18.9 Å². The Morgan fingerprint density at radius 2 is 0.981 bits per heavy atom. The van der Waals surface area contributed by atoms with Gasteiger partial charge in [0.15, 0.2) is 6.10 Å². The summed E-state index contributed by atoms with van der Waals surface area (Å²) >= 11 is 0. The zero-order valence-corrected chi connectivity index (χ0v) is 29.7. The zero-order chi connectivity index (χ0) is 36.3. The second-order valence-corrected chi connectivity index (χ2v) is 14.5. The van der Waals surface area contributed by atoms with E-state index in [0.29, 0.717) is 0 Å². The molecular formula is C41H42N2O8S. The average molecular weight is 723 g/mol. The SMILES string of the molecule is Cc1ccc(S(=O)(=O)N2[C@H](COCc3ccccc3)[C@@H](OCc3ccccc3)[C@H](OCc3ccccc3)[C@@H](OCc3ccccc3)[C@@H]2[N+](=O)[O-])cc1. The van der Waals surface area contributed by atoms with E-state index in [-0.39, 0.29) is 37.9 Å². The van der Waals surface area contributed by atoms with Crippen molar-refractivity contribution in [1.29, 1.82) is 0 Å². The summed E-state index contributed by atoms with van der Waals surface area (Å²) in [6.07, 6.45) is -5.42. The number of rotatable bonds is 16. The largest absolute Gasteiger partial charge is 0.375 e. The molecule has 1 saturated heterocycles. The molecule has 5 aromatic carbocycles. The zero-order valence-electron chi connectivity index (χ0n) is 28.8. The van der Waals surface area contributed by atoms with Gasteiger partial charge in [-0.25, -0.2) is 8.42 Å². The summed E-state index contributed by atoms with van der Waals surface area (Å²) in [7, 11) is -4.54. The van der Waals surface area contributed by atoms with Crippen molar-refractivity contribution in [1.82, 2.24) is 4.31 Å². The fourth-order valence-electron chi connectivity index (χ4n) is 6.34. The van der Waals surface area contributed by atoms with Gasteiger partial charge in [0.1, 0.15) is 12.2 Å². The number of hydrogen-bond acceptors (Lipinski definition) is 8. The Labute approximate surface area is 304 Å². The number of benzene rings is 5. The Kier molecular flexibility index (Phi) is 12.6. The normalized spacial score (nSPS) is 20.8. The maximum atomic E-state index is 14.8. The molecule has 52 heavy (non-hydrogen) atoms. The summed E-state index contributed by atoms with van der Waals surface area (Å²) in [6.45, 7) is 1.90. The summed E-state index contributed by atoms with van der Waals surface area (Å²) in [5.41, 5.74) is 4.12. The van der Waals surface area contributed by atoms with Gasteiger partial charge in [-0.15, -0.1) is 4.31 Å². The van der Waals surface area contributed by atoms with Crippen LogP contribution in [0.4, 0.5) is 0 Å². The first-order valence-corrected chi connectivity index (χ1v) is 18.6. The highest BCUT2D eigenvalue weighted by Crippen LogP contribution is 2.37. The minimum Gasteiger partial charge on any atom is -0.375 e. The van der Waals surface area contributed by atoms with E-state index >= 15 is 0 Å². The summed E-state index contributed by atoms with van der Waals surface area (Å²) < 4.78 is 56.4. The molecule has 1 aliphatic heterocycles. The van der Waals surface area contributed by atoms with Gasteiger partial charge in [0.05, 0.1) is 44.0 Å². The van der Waals surface area contributed by atoms with E-state index in [1.807, 2.05) is 128 Å². The van der Waals surface area contributed by atoms with Crippen molar-refractivity contribution in [3.05, 3.63) is 184 Å². The van der Waals surface area contributed by atoms with Gasteiger partial charge in [0.25, 0.3) is 0 Å². The van der Waals surface area contributed by atoms with Gasteiger partial charge >= 0.3 is 6.17 Å². The molecule has 6 rings (SSSR count). The highest BCUT2D eigenvalue weighted by Gasteiger charge is 2.61. The van der Waals surface area contributed by atoms with Gasteiger partial charge in [0.2, 0.25) is 10.0 Å². The molecule has 11 heteroatoms. The minimum atomic E-state index is -4.54. The van der Waals surface area contributed by atoms with E-state index in [4.69, 9.17) is 18.9 Å². The highest BCUT2D eigenvalue weighted by molar-refractivity contribution is 7.89. The van der Waals surface area contributed by atoms with Crippen molar-refractivity contribution in [2.45, 2.75) is 68.8 Å². The van der Waals surface area contributed by atoms with Crippen LogP contribution in [0.5, 0.6) is 0 Å². The van der Waals surface area contributed by atoms with Crippen LogP contribution < -0.4 is 0 Å². The molecule has 0 spiro atoms. The van der Waals surface area contributed by atoms with Gasteiger partial charge in [0, 0.05) is 4.92 Å². The third-order valence-corrected chi connectivity index (χ3v) is 10.9. The molecule has 0 bridgehead atoms. The number of sulfonamides is 1. The predicted octanol–water partition coefficient (Wildman–Crippen LogP) is 6.94. The summed E-state index contributed by atoms with van der Waals surface area (Å²) in [4.78, 5) is 12.7. The van der Waals surface area contributed by atoms with Gasteiger partial charge in [-0.3, -0.25) is 10.1 Å². The lowest BCUT2D eigenvalue weighted by Gasteiger charge is -2.48. The standard InChI is InChI=1S/C41H42N2O8S/c1-31-22-24-36(25-23-31)52(46,47)42-37(30-48-26-32-14-6-2-7-15-32)38(49-27-33-16-8-3-9-17-33)39(50-28-34-18-10-4-11-19-34)40(41(42)43(44)45)51-29-35-20-12-5-13-21-35/h2-25,37-41H,26-30H2,1H3/t37-,38-,39+,40-,41+/m1/s1. The quantitative estimate of drug-likeness (QED) is 0.0794. The van der Waals surface area contributed by atoms with Crippen LogP contribution in [-0.4, -0.2) is 54.8 Å². The maximum absolute atomic E-state index is 14.8. The van der Waals surface area contributed by atoms with Crippen LogP contribution in [0.2, 0.25) is 0 Å². The van der Waals surface area contributed by atoms with Crippen molar-refractivity contribution < 1.29 is 32.3 Å². The molecule has 0 saturated carbocycles. The highest BCUT2D eigenvalue weighted by atomic mass is 32.2. The lowest BCUT2D eigenvalue weighted by molar-refractivity contribution is -0.568. The van der Waals surface area contributed by atoms with E-state index in [0.717, 1.165) is 32.1 Å². The van der Waals surface area contributed by atoms with Crippen LogP contribution >= 0.6 is 0 Å². The molecule has 1 heterocycles. The molecule has 0 radical (unpaired) electrons. The second-order valence-electron chi connectivity index (χ2n) is 12.7. The molecule has 1 aliphatic rings. The molecule has 0 aromatic heterocycles. The lowest BCUT2D eigenvalue weighted by atomic mass is 9.93. The number of hydrogen-bond donors (Lipinski definition) is 0. The smallest absolute Gasteiger partial charge is 0.310 e. The number of nitro groups is 1. The molecule has 10 nitrogen and oxygen atoms in total. The topological polar surface area (TPSA) is 117 Å². The van der Waals surface area contributed by atoms with Crippen LogP contribution in [0.3, 0.4) is 0 Å². The first-order valence-electron chi connectivity index (χ1n) is 17.1. The fourth-order valence-corrected chi connectivity index (χ4v) is 8.09.